The second-order valence-electron chi connectivity index (χ2n) is 6.48. The Kier molecular flexibility index (Phi) is 5.64. The molecule has 122 valence electrons. The quantitative estimate of drug-likeness (QED) is 0.832. The van der Waals surface area contributed by atoms with Gasteiger partial charge in [-0.25, -0.2) is 0 Å². The number of hydrogen-bond acceptors (Lipinski definition) is 3. The van der Waals surface area contributed by atoms with Crippen molar-refractivity contribution >= 4 is 15.9 Å². The van der Waals surface area contributed by atoms with Crippen LogP contribution in [0, 0.1) is 0 Å². The highest BCUT2D eigenvalue weighted by Gasteiger charge is 2.21. The first-order chi connectivity index (χ1) is 10.8. The Bertz CT molecular complexity index is 494. The standard InChI is InChI=1S/C18H26BrNO2/c1-21-17-12-13(10-14-6-4-5-9-20-14)11-16(19)18(17)22-15-7-2-3-8-15/h11-12,14-15,20H,2-10H2,1H3. The summed E-state index contributed by atoms with van der Waals surface area (Å²) in [5, 5.41) is 3.61. The third-order valence-electron chi connectivity index (χ3n) is 4.77. The number of piperidine rings is 1. The van der Waals surface area contributed by atoms with Crippen LogP contribution < -0.4 is 14.8 Å². The van der Waals surface area contributed by atoms with Crippen molar-refractivity contribution < 1.29 is 9.47 Å². The third-order valence-corrected chi connectivity index (χ3v) is 5.36. The first-order valence-corrected chi connectivity index (χ1v) is 9.32. The number of nitrogens with one attached hydrogen (secondary N) is 1. The Morgan fingerprint density at radius 3 is 2.59 bits per heavy atom. The lowest BCUT2D eigenvalue weighted by Crippen LogP contribution is -2.35. The topological polar surface area (TPSA) is 30.5 Å². The van der Waals surface area contributed by atoms with Crippen LogP contribution in [0.25, 0.3) is 0 Å². The summed E-state index contributed by atoms with van der Waals surface area (Å²) in [4.78, 5) is 0. The van der Waals surface area contributed by atoms with Crippen LogP contribution in [-0.4, -0.2) is 25.8 Å². The molecule has 0 aromatic heterocycles. The van der Waals surface area contributed by atoms with E-state index in [9.17, 15) is 0 Å². The van der Waals surface area contributed by atoms with Crippen LogP contribution in [0.5, 0.6) is 11.5 Å². The molecule has 3 rings (SSSR count). The molecule has 0 spiro atoms. The largest absolute Gasteiger partial charge is 0.493 e. The molecule has 0 amide bonds. The molecule has 1 atom stereocenters. The molecule has 1 aromatic carbocycles. The number of ether oxygens (including phenoxy) is 2. The predicted octanol–water partition coefficient (Wildman–Crippen LogP) is 4.46. The molecule has 3 nitrogen and oxygen atoms in total. The van der Waals surface area contributed by atoms with E-state index in [0.717, 1.165) is 41.8 Å². The normalized spacial score (nSPS) is 22.7. The van der Waals surface area contributed by atoms with Gasteiger partial charge in [-0.2, -0.15) is 0 Å². The van der Waals surface area contributed by atoms with Gasteiger partial charge in [-0.1, -0.05) is 6.42 Å². The molecule has 4 heteroatoms. The summed E-state index contributed by atoms with van der Waals surface area (Å²) >= 11 is 3.69. The summed E-state index contributed by atoms with van der Waals surface area (Å²) in [5.41, 5.74) is 1.31. The van der Waals surface area contributed by atoms with Crippen LogP contribution in [0.3, 0.4) is 0 Å². The van der Waals surface area contributed by atoms with Gasteiger partial charge in [0, 0.05) is 6.04 Å². The molecule has 1 unspecified atom stereocenters. The molecule has 1 saturated heterocycles. The van der Waals surface area contributed by atoms with Crippen LogP contribution in [0.1, 0.15) is 50.5 Å². The zero-order valence-corrected chi connectivity index (χ0v) is 15.0. The van der Waals surface area contributed by atoms with Crippen molar-refractivity contribution in [2.24, 2.45) is 0 Å². The van der Waals surface area contributed by atoms with E-state index in [1.165, 1.54) is 37.7 Å². The van der Waals surface area contributed by atoms with E-state index in [-0.39, 0.29) is 0 Å². The fraction of sp³-hybridized carbons (Fsp3) is 0.667. The fourth-order valence-corrected chi connectivity index (χ4v) is 4.14. The highest BCUT2D eigenvalue weighted by Crippen LogP contribution is 2.39. The minimum Gasteiger partial charge on any atom is -0.493 e. The van der Waals surface area contributed by atoms with Crippen LogP contribution in [0.2, 0.25) is 0 Å². The van der Waals surface area contributed by atoms with Crippen LogP contribution in [-0.2, 0) is 6.42 Å². The SMILES string of the molecule is COc1cc(CC2CCCCN2)cc(Br)c1OC1CCCC1. The van der Waals surface area contributed by atoms with Crippen molar-refractivity contribution in [2.75, 3.05) is 13.7 Å². The summed E-state index contributed by atoms with van der Waals surface area (Å²) in [7, 11) is 1.73. The monoisotopic (exact) mass is 367 g/mol. The summed E-state index contributed by atoms with van der Waals surface area (Å²) in [5.74, 6) is 1.72. The molecule has 1 heterocycles. The van der Waals surface area contributed by atoms with Crippen molar-refractivity contribution in [1.29, 1.82) is 0 Å². The van der Waals surface area contributed by atoms with Crippen molar-refractivity contribution in [3.8, 4) is 11.5 Å². The van der Waals surface area contributed by atoms with Gasteiger partial charge in [-0.05, 0) is 85.1 Å². The Balaban J connectivity index is 1.73. The number of hydrogen-bond donors (Lipinski definition) is 1. The highest BCUT2D eigenvalue weighted by molar-refractivity contribution is 9.10. The Morgan fingerprint density at radius 1 is 1.14 bits per heavy atom. The molecule has 0 radical (unpaired) electrons. The van der Waals surface area contributed by atoms with E-state index in [4.69, 9.17) is 9.47 Å². The summed E-state index contributed by atoms with van der Waals surface area (Å²) in [6.45, 7) is 1.14. The lowest BCUT2D eigenvalue weighted by Gasteiger charge is -2.24. The molecule has 1 aliphatic carbocycles. The second kappa shape index (κ2) is 7.69. The Labute approximate surface area is 141 Å². The highest BCUT2D eigenvalue weighted by atomic mass is 79.9. The van der Waals surface area contributed by atoms with Gasteiger partial charge in [0.1, 0.15) is 0 Å². The number of rotatable bonds is 5. The van der Waals surface area contributed by atoms with E-state index < -0.39 is 0 Å². The number of benzene rings is 1. The van der Waals surface area contributed by atoms with E-state index in [1.54, 1.807) is 7.11 Å². The molecule has 1 aliphatic heterocycles. The van der Waals surface area contributed by atoms with Gasteiger partial charge < -0.3 is 14.8 Å². The molecule has 1 aromatic rings. The van der Waals surface area contributed by atoms with Gasteiger partial charge >= 0.3 is 0 Å². The van der Waals surface area contributed by atoms with Crippen molar-refractivity contribution in [3.63, 3.8) is 0 Å². The summed E-state index contributed by atoms with van der Waals surface area (Å²) in [6, 6.07) is 4.93. The number of halogens is 1. The average Bonchev–Trinajstić information content (AvgIpc) is 3.04. The molecular weight excluding hydrogens is 342 g/mol. The molecule has 1 saturated carbocycles. The zero-order valence-electron chi connectivity index (χ0n) is 13.4. The van der Waals surface area contributed by atoms with Crippen molar-refractivity contribution in [2.45, 2.75) is 63.5 Å². The minimum atomic E-state index is 0.344. The Hall–Kier alpha value is -0.740. The van der Waals surface area contributed by atoms with E-state index in [2.05, 4.69) is 33.4 Å². The van der Waals surface area contributed by atoms with E-state index in [1.807, 2.05) is 0 Å². The molecule has 2 aliphatic rings. The van der Waals surface area contributed by atoms with Gasteiger partial charge in [0.2, 0.25) is 0 Å². The maximum Gasteiger partial charge on any atom is 0.175 e. The molecule has 1 N–H and O–H groups in total. The van der Waals surface area contributed by atoms with Crippen molar-refractivity contribution in [1.82, 2.24) is 5.32 Å². The lowest BCUT2D eigenvalue weighted by molar-refractivity contribution is 0.199. The maximum absolute atomic E-state index is 6.19. The lowest BCUT2D eigenvalue weighted by atomic mass is 9.97. The van der Waals surface area contributed by atoms with E-state index in [0.29, 0.717) is 12.1 Å². The third kappa shape index (κ3) is 3.96. The van der Waals surface area contributed by atoms with Gasteiger partial charge in [0.15, 0.2) is 11.5 Å². The molecule has 22 heavy (non-hydrogen) atoms. The zero-order chi connectivity index (χ0) is 15.4. The second-order valence-corrected chi connectivity index (χ2v) is 7.34. The molecular formula is C18H26BrNO2. The first kappa shape index (κ1) is 16.1. The van der Waals surface area contributed by atoms with Crippen LogP contribution in [0.4, 0.5) is 0 Å². The average molecular weight is 368 g/mol. The first-order valence-electron chi connectivity index (χ1n) is 8.52. The fourth-order valence-electron chi connectivity index (χ4n) is 3.56. The number of methoxy groups -OCH3 is 1. The van der Waals surface area contributed by atoms with Gasteiger partial charge in [-0.3, -0.25) is 0 Å². The molecule has 0 bridgehead atoms. The van der Waals surface area contributed by atoms with Gasteiger partial charge in [0.05, 0.1) is 17.7 Å². The molecule has 2 fully saturated rings. The van der Waals surface area contributed by atoms with Crippen LogP contribution in [0.15, 0.2) is 16.6 Å². The van der Waals surface area contributed by atoms with Gasteiger partial charge in [0.25, 0.3) is 0 Å². The van der Waals surface area contributed by atoms with Crippen molar-refractivity contribution in [3.05, 3.63) is 22.2 Å². The van der Waals surface area contributed by atoms with Gasteiger partial charge in [-0.15, -0.1) is 0 Å². The minimum absolute atomic E-state index is 0.344. The van der Waals surface area contributed by atoms with E-state index >= 15 is 0 Å². The maximum atomic E-state index is 6.19. The summed E-state index contributed by atoms with van der Waals surface area (Å²) < 4.78 is 12.8. The summed E-state index contributed by atoms with van der Waals surface area (Å²) in [6.07, 6.45) is 10.2. The van der Waals surface area contributed by atoms with Crippen LogP contribution >= 0.6 is 15.9 Å². The Morgan fingerprint density at radius 2 is 1.91 bits per heavy atom. The smallest absolute Gasteiger partial charge is 0.175 e. The predicted molar refractivity (Wildman–Crippen MR) is 92.9 cm³/mol.